The van der Waals surface area contributed by atoms with Crippen molar-refractivity contribution in [3.05, 3.63) is 83.7 Å². The molecule has 0 aliphatic carbocycles. The molecule has 3 aromatic carbocycles. The molecule has 0 saturated carbocycles. The summed E-state index contributed by atoms with van der Waals surface area (Å²) in [5, 5.41) is 10.1. The van der Waals surface area contributed by atoms with E-state index in [-0.39, 0.29) is 5.75 Å². The molecule has 1 N–H and O–H groups in total. The number of para-hydroxylation sites is 3. The summed E-state index contributed by atoms with van der Waals surface area (Å²) in [7, 11) is 1.59. The molecule has 1 aliphatic rings. The van der Waals surface area contributed by atoms with E-state index in [9.17, 15) is 5.11 Å². The van der Waals surface area contributed by atoms with Gasteiger partial charge in [0.25, 0.3) is 0 Å². The van der Waals surface area contributed by atoms with Crippen LogP contribution in [0.4, 0.5) is 0 Å². The molecule has 5 nitrogen and oxygen atoms in total. The molecular weight excluding hydrogens is 374 g/mol. The van der Waals surface area contributed by atoms with Gasteiger partial charge in [0.2, 0.25) is 0 Å². The van der Waals surface area contributed by atoms with Crippen LogP contribution in [0.15, 0.2) is 67.0 Å². The molecule has 30 heavy (non-hydrogen) atoms. The van der Waals surface area contributed by atoms with Crippen molar-refractivity contribution in [1.29, 1.82) is 0 Å². The Labute approximate surface area is 176 Å². The highest BCUT2D eigenvalue weighted by Gasteiger charge is 2.25. The Morgan fingerprint density at radius 2 is 1.87 bits per heavy atom. The number of aromatic hydroxyl groups is 1. The van der Waals surface area contributed by atoms with Crippen LogP contribution in [0.3, 0.4) is 0 Å². The van der Waals surface area contributed by atoms with E-state index in [1.165, 1.54) is 16.7 Å². The van der Waals surface area contributed by atoms with Crippen LogP contribution in [0.1, 0.15) is 23.6 Å². The van der Waals surface area contributed by atoms with Gasteiger partial charge < -0.3 is 9.84 Å². The highest BCUT2D eigenvalue weighted by molar-refractivity contribution is 5.77. The van der Waals surface area contributed by atoms with Crippen LogP contribution in [-0.2, 0) is 19.5 Å². The lowest BCUT2D eigenvalue weighted by atomic mass is 9.93. The zero-order valence-corrected chi connectivity index (χ0v) is 17.2. The van der Waals surface area contributed by atoms with Gasteiger partial charge in [0.05, 0.1) is 23.8 Å². The third kappa shape index (κ3) is 3.21. The molecule has 0 amide bonds. The van der Waals surface area contributed by atoms with Gasteiger partial charge in [0, 0.05) is 19.1 Å². The van der Waals surface area contributed by atoms with Gasteiger partial charge >= 0.3 is 0 Å². The number of ether oxygens (including phenoxy) is 1. The first-order valence-electron chi connectivity index (χ1n) is 10.3. The van der Waals surface area contributed by atoms with Gasteiger partial charge in [-0.25, -0.2) is 4.98 Å². The fraction of sp³-hybridized carbons (Fsp3) is 0.240. The SMILES string of the molecule is COc1cc2c(cc1O)CC(C)N(Cc1ccccc1-n1cnc3ccccc31)C2. The molecule has 0 fully saturated rings. The van der Waals surface area contributed by atoms with Gasteiger partial charge in [-0.1, -0.05) is 30.3 Å². The summed E-state index contributed by atoms with van der Waals surface area (Å²) in [5.74, 6) is 0.753. The van der Waals surface area contributed by atoms with E-state index in [2.05, 4.69) is 57.8 Å². The van der Waals surface area contributed by atoms with Crippen molar-refractivity contribution in [2.45, 2.75) is 32.5 Å². The van der Waals surface area contributed by atoms with Gasteiger partial charge in [-0.3, -0.25) is 9.47 Å². The Hall–Kier alpha value is -3.31. The molecule has 1 atom stereocenters. The van der Waals surface area contributed by atoms with Crippen LogP contribution in [-0.4, -0.2) is 32.7 Å². The van der Waals surface area contributed by atoms with Gasteiger partial charge in [-0.05, 0) is 60.4 Å². The third-order valence-corrected chi connectivity index (χ3v) is 6.09. The Morgan fingerprint density at radius 3 is 2.73 bits per heavy atom. The van der Waals surface area contributed by atoms with Crippen LogP contribution in [0, 0.1) is 0 Å². The average molecular weight is 399 g/mol. The fourth-order valence-electron chi connectivity index (χ4n) is 4.44. The first kappa shape index (κ1) is 18.7. The Balaban J connectivity index is 1.48. The van der Waals surface area contributed by atoms with Crippen molar-refractivity contribution >= 4 is 11.0 Å². The van der Waals surface area contributed by atoms with Crippen LogP contribution < -0.4 is 4.74 Å². The molecule has 152 valence electrons. The number of phenolic OH excluding ortho intramolecular Hbond substituents is 1. The number of phenols is 1. The van der Waals surface area contributed by atoms with Crippen LogP contribution in [0.2, 0.25) is 0 Å². The van der Waals surface area contributed by atoms with Crippen molar-refractivity contribution in [3.63, 3.8) is 0 Å². The zero-order valence-electron chi connectivity index (χ0n) is 17.2. The van der Waals surface area contributed by atoms with Gasteiger partial charge in [0.15, 0.2) is 11.5 Å². The van der Waals surface area contributed by atoms with E-state index in [0.717, 1.165) is 36.2 Å². The molecule has 5 rings (SSSR count). The minimum atomic E-state index is 0.217. The molecule has 1 unspecified atom stereocenters. The first-order valence-corrected chi connectivity index (χ1v) is 10.3. The molecule has 2 heterocycles. The number of aromatic nitrogens is 2. The van der Waals surface area contributed by atoms with E-state index in [0.29, 0.717) is 11.8 Å². The van der Waals surface area contributed by atoms with Crippen molar-refractivity contribution < 1.29 is 9.84 Å². The maximum absolute atomic E-state index is 10.1. The molecule has 1 aliphatic heterocycles. The summed E-state index contributed by atoms with van der Waals surface area (Å²) >= 11 is 0. The van der Waals surface area contributed by atoms with E-state index >= 15 is 0 Å². The summed E-state index contributed by atoms with van der Waals surface area (Å²) in [6, 6.07) is 21.0. The molecule has 1 aromatic heterocycles. The molecule has 0 spiro atoms. The van der Waals surface area contributed by atoms with Crippen LogP contribution in [0.5, 0.6) is 11.5 Å². The minimum Gasteiger partial charge on any atom is -0.504 e. The molecular formula is C25H25N3O2. The second kappa shape index (κ2) is 7.50. The number of imidazole rings is 1. The van der Waals surface area contributed by atoms with Crippen molar-refractivity contribution in [2.75, 3.05) is 7.11 Å². The maximum Gasteiger partial charge on any atom is 0.160 e. The minimum absolute atomic E-state index is 0.217. The van der Waals surface area contributed by atoms with Gasteiger partial charge in [-0.2, -0.15) is 0 Å². The van der Waals surface area contributed by atoms with Crippen LogP contribution >= 0.6 is 0 Å². The summed E-state index contributed by atoms with van der Waals surface area (Å²) < 4.78 is 7.50. The normalized spacial score (nSPS) is 16.5. The average Bonchev–Trinajstić information content (AvgIpc) is 3.18. The number of methoxy groups -OCH3 is 1. The summed E-state index contributed by atoms with van der Waals surface area (Å²) in [4.78, 5) is 7.05. The van der Waals surface area contributed by atoms with Crippen molar-refractivity contribution in [1.82, 2.24) is 14.5 Å². The van der Waals surface area contributed by atoms with Crippen LogP contribution in [0.25, 0.3) is 16.7 Å². The second-order valence-corrected chi connectivity index (χ2v) is 7.98. The summed E-state index contributed by atoms with van der Waals surface area (Å²) in [6.45, 7) is 3.91. The predicted octanol–water partition coefficient (Wildman–Crippen LogP) is 4.69. The maximum atomic E-state index is 10.1. The number of rotatable bonds is 4. The smallest absolute Gasteiger partial charge is 0.160 e. The van der Waals surface area contributed by atoms with E-state index in [1.807, 2.05) is 30.6 Å². The quantitative estimate of drug-likeness (QED) is 0.541. The highest BCUT2D eigenvalue weighted by Crippen LogP contribution is 2.35. The second-order valence-electron chi connectivity index (χ2n) is 7.98. The number of nitrogens with zero attached hydrogens (tertiary/aromatic N) is 3. The van der Waals surface area contributed by atoms with E-state index in [4.69, 9.17) is 4.74 Å². The zero-order chi connectivity index (χ0) is 20.7. The van der Waals surface area contributed by atoms with Crippen molar-refractivity contribution in [3.8, 4) is 17.2 Å². The monoisotopic (exact) mass is 399 g/mol. The predicted molar refractivity (Wildman–Crippen MR) is 118 cm³/mol. The fourth-order valence-corrected chi connectivity index (χ4v) is 4.44. The Bertz CT molecular complexity index is 1210. The molecule has 0 saturated heterocycles. The topological polar surface area (TPSA) is 50.5 Å². The molecule has 5 heteroatoms. The largest absolute Gasteiger partial charge is 0.504 e. The lowest BCUT2D eigenvalue weighted by molar-refractivity contribution is 0.174. The Morgan fingerprint density at radius 1 is 1.07 bits per heavy atom. The lowest BCUT2D eigenvalue weighted by Crippen LogP contribution is -2.38. The summed E-state index contributed by atoms with van der Waals surface area (Å²) in [5.41, 5.74) is 6.95. The molecule has 4 aromatic rings. The first-order chi connectivity index (χ1) is 14.6. The Kier molecular flexibility index (Phi) is 4.68. The summed E-state index contributed by atoms with van der Waals surface area (Å²) in [6.07, 6.45) is 2.81. The third-order valence-electron chi connectivity index (χ3n) is 6.09. The van der Waals surface area contributed by atoms with Gasteiger partial charge in [0.1, 0.15) is 6.33 Å². The lowest BCUT2D eigenvalue weighted by Gasteiger charge is -2.35. The number of hydrogen-bond donors (Lipinski definition) is 1. The van der Waals surface area contributed by atoms with Gasteiger partial charge in [-0.15, -0.1) is 0 Å². The van der Waals surface area contributed by atoms with E-state index < -0.39 is 0 Å². The van der Waals surface area contributed by atoms with E-state index in [1.54, 1.807) is 7.11 Å². The standard InChI is InChI=1S/C25H25N3O2/c1-17-11-19-12-24(29)25(30-2)13-20(19)15-27(17)14-18-7-3-5-9-22(18)28-16-26-21-8-4-6-10-23(21)28/h3-10,12-13,16-17,29H,11,14-15H2,1-2H3. The molecule has 0 bridgehead atoms. The number of benzene rings is 3. The number of fused-ring (bicyclic) bond motifs is 2. The molecule has 0 radical (unpaired) electrons. The van der Waals surface area contributed by atoms with Crippen molar-refractivity contribution in [2.24, 2.45) is 0 Å². The highest BCUT2D eigenvalue weighted by atomic mass is 16.5. The number of hydrogen-bond acceptors (Lipinski definition) is 4.